The Labute approximate surface area is 138 Å². The molecular formula is C16H24BNO4S. The number of nitrogens with two attached hydrogens (primary N) is 1. The summed E-state index contributed by atoms with van der Waals surface area (Å²) in [7, 11) is -3.70. The largest absolute Gasteiger partial charge is 0.491 e. The molecule has 0 saturated carbocycles. The van der Waals surface area contributed by atoms with E-state index < -0.39 is 28.2 Å². The summed E-state index contributed by atoms with van der Waals surface area (Å²) in [5.41, 5.74) is 6.67. The normalized spacial score (nSPS) is 20.8. The van der Waals surface area contributed by atoms with E-state index >= 15 is 0 Å². The Morgan fingerprint density at radius 1 is 1.13 bits per heavy atom. The highest BCUT2D eigenvalue weighted by Gasteiger charge is 2.52. The molecule has 1 aliphatic heterocycles. The standard InChI is InChI=1S/C16H24BNO4S/c1-15(2)16(3,4)22-17(21-15)13(11-18)10-12-6-8-14(9-7-12)23(5,19)20/h6-10H,11,18H2,1-5H3. The Hall–Kier alpha value is -1.15. The third kappa shape index (κ3) is 3.85. The lowest BCUT2D eigenvalue weighted by Gasteiger charge is -2.32. The maximum Gasteiger partial charge on any atom is 0.491 e. The lowest BCUT2D eigenvalue weighted by atomic mass is 9.77. The molecule has 7 heteroatoms. The molecule has 0 unspecified atom stereocenters. The number of sulfone groups is 1. The van der Waals surface area contributed by atoms with Gasteiger partial charge in [-0.2, -0.15) is 0 Å². The van der Waals surface area contributed by atoms with Crippen LogP contribution >= 0.6 is 0 Å². The maximum absolute atomic E-state index is 11.5. The molecule has 0 aliphatic carbocycles. The first-order valence-electron chi connectivity index (χ1n) is 7.52. The molecular weight excluding hydrogens is 313 g/mol. The van der Waals surface area contributed by atoms with Crippen LogP contribution in [0.15, 0.2) is 34.6 Å². The highest BCUT2D eigenvalue weighted by molar-refractivity contribution is 7.90. The van der Waals surface area contributed by atoms with Gasteiger partial charge < -0.3 is 15.0 Å². The van der Waals surface area contributed by atoms with Gasteiger partial charge in [0.15, 0.2) is 9.84 Å². The summed E-state index contributed by atoms with van der Waals surface area (Å²) in [6, 6.07) is 6.66. The molecule has 23 heavy (non-hydrogen) atoms. The highest BCUT2D eigenvalue weighted by atomic mass is 32.2. The third-order valence-corrected chi connectivity index (χ3v) is 5.58. The third-order valence-electron chi connectivity index (χ3n) is 4.45. The topological polar surface area (TPSA) is 78.6 Å². The summed E-state index contributed by atoms with van der Waals surface area (Å²) in [4.78, 5) is 0.291. The zero-order chi connectivity index (χ0) is 17.5. The zero-order valence-electron chi connectivity index (χ0n) is 14.3. The van der Waals surface area contributed by atoms with Crippen molar-refractivity contribution in [2.75, 3.05) is 12.8 Å². The van der Waals surface area contributed by atoms with Crippen LogP contribution in [0.2, 0.25) is 0 Å². The molecule has 0 amide bonds. The molecule has 0 aromatic heterocycles. The van der Waals surface area contributed by atoms with Crippen LogP contribution in [0.4, 0.5) is 0 Å². The molecule has 0 spiro atoms. The van der Waals surface area contributed by atoms with E-state index in [0.29, 0.717) is 11.4 Å². The average molecular weight is 337 g/mol. The number of hydrogen-bond acceptors (Lipinski definition) is 5. The summed E-state index contributed by atoms with van der Waals surface area (Å²) in [5.74, 6) is 0. The molecule has 126 valence electrons. The van der Waals surface area contributed by atoms with Gasteiger partial charge in [0, 0.05) is 12.8 Å². The molecule has 1 aromatic rings. The van der Waals surface area contributed by atoms with E-state index in [0.717, 1.165) is 11.0 Å². The van der Waals surface area contributed by atoms with Gasteiger partial charge in [-0.25, -0.2) is 8.42 Å². The second-order valence-electron chi connectivity index (χ2n) is 6.85. The monoisotopic (exact) mass is 337 g/mol. The van der Waals surface area contributed by atoms with Crippen LogP contribution in [0.25, 0.3) is 6.08 Å². The van der Waals surface area contributed by atoms with E-state index in [4.69, 9.17) is 15.0 Å². The molecule has 0 radical (unpaired) electrons. The van der Waals surface area contributed by atoms with Gasteiger partial charge in [0.05, 0.1) is 16.1 Å². The number of hydrogen-bond donors (Lipinski definition) is 1. The van der Waals surface area contributed by atoms with Crippen molar-refractivity contribution in [3.05, 3.63) is 35.3 Å². The van der Waals surface area contributed by atoms with Crippen LogP contribution in [-0.4, -0.2) is 39.5 Å². The summed E-state index contributed by atoms with van der Waals surface area (Å²) in [5, 5.41) is 0. The van der Waals surface area contributed by atoms with Gasteiger partial charge in [-0.05, 0) is 50.9 Å². The maximum atomic E-state index is 11.5. The summed E-state index contributed by atoms with van der Waals surface area (Å²) in [6.45, 7) is 8.25. The van der Waals surface area contributed by atoms with Gasteiger partial charge in [0.25, 0.3) is 0 Å². The summed E-state index contributed by atoms with van der Waals surface area (Å²) in [6.07, 6.45) is 3.07. The minimum atomic E-state index is -3.19. The smallest absolute Gasteiger partial charge is 0.400 e. The molecule has 1 aliphatic rings. The number of benzene rings is 1. The molecule has 1 heterocycles. The molecule has 0 atom stereocenters. The van der Waals surface area contributed by atoms with Crippen LogP contribution in [0.3, 0.4) is 0 Å². The Bertz CT molecular complexity index is 692. The van der Waals surface area contributed by atoms with Crippen LogP contribution in [0.1, 0.15) is 33.3 Å². The fraction of sp³-hybridized carbons (Fsp3) is 0.500. The predicted molar refractivity (Wildman–Crippen MR) is 92.7 cm³/mol. The average Bonchev–Trinajstić information content (AvgIpc) is 2.64. The van der Waals surface area contributed by atoms with Crippen LogP contribution < -0.4 is 5.73 Å². The van der Waals surface area contributed by atoms with Crippen molar-refractivity contribution in [2.24, 2.45) is 5.73 Å². The SMILES string of the molecule is CC1(C)OB(C(=Cc2ccc(S(C)(=O)=O)cc2)CN)OC1(C)C. The quantitative estimate of drug-likeness (QED) is 0.851. The van der Waals surface area contributed by atoms with Crippen molar-refractivity contribution in [1.82, 2.24) is 0 Å². The van der Waals surface area contributed by atoms with E-state index in [-0.39, 0.29) is 0 Å². The minimum Gasteiger partial charge on any atom is -0.400 e. The number of rotatable bonds is 4. The zero-order valence-corrected chi connectivity index (χ0v) is 15.1. The van der Waals surface area contributed by atoms with Crippen molar-refractivity contribution in [2.45, 2.75) is 43.8 Å². The summed E-state index contributed by atoms with van der Waals surface area (Å²) < 4.78 is 35.0. The van der Waals surface area contributed by atoms with E-state index in [1.807, 2.05) is 33.8 Å². The van der Waals surface area contributed by atoms with Crippen molar-refractivity contribution in [1.29, 1.82) is 0 Å². The van der Waals surface area contributed by atoms with Gasteiger partial charge >= 0.3 is 7.12 Å². The second-order valence-corrected chi connectivity index (χ2v) is 8.87. The van der Waals surface area contributed by atoms with Crippen molar-refractivity contribution in [3.63, 3.8) is 0 Å². The molecule has 1 aromatic carbocycles. The van der Waals surface area contributed by atoms with Crippen molar-refractivity contribution >= 4 is 23.0 Å². The fourth-order valence-corrected chi connectivity index (χ4v) is 2.87. The van der Waals surface area contributed by atoms with Gasteiger partial charge in [0.1, 0.15) is 0 Å². The van der Waals surface area contributed by atoms with Crippen LogP contribution in [0, 0.1) is 0 Å². The Balaban J connectivity index is 2.27. The lowest BCUT2D eigenvalue weighted by molar-refractivity contribution is 0.00578. The first-order valence-corrected chi connectivity index (χ1v) is 9.42. The minimum absolute atomic E-state index is 0.291. The Morgan fingerprint density at radius 3 is 2.00 bits per heavy atom. The second kappa shape index (κ2) is 6.05. The van der Waals surface area contributed by atoms with Crippen LogP contribution in [-0.2, 0) is 19.1 Å². The van der Waals surface area contributed by atoms with E-state index in [2.05, 4.69) is 0 Å². The van der Waals surface area contributed by atoms with Gasteiger partial charge in [-0.1, -0.05) is 18.2 Å². The predicted octanol–water partition coefficient (Wildman–Crippen LogP) is 2.06. The summed E-state index contributed by atoms with van der Waals surface area (Å²) >= 11 is 0. The van der Waals surface area contributed by atoms with E-state index in [9.17, 15) is 8.42 Å². The first kappa shape index (κ1) is 18.2. The fourth-order valence-electron chi connectivity index (χ4n) is 2.24. The van der Waals surface area contributed by atoms with E-state index in [1.165, 1.54) is 6.26 Å². The first-order chi connectivity index (χ1) is 10.5. The van der Waals surface area contributed by atoms with Crippen LogP contribution in [0.5, 0.6) is 0 Å². The van der Waals surface area contributed by atoms with Gasteiger partial charge in [-0.3, -0.25) is 0 Å². The van der Waals surface area contributed by atoms with Crippen molar-refractivity contribution < 1.29 is 17.7 Å². The van der Waals surface area contributed by atoms with Gasteiger partial charge in [0.2, 0.25) is 0 Å². The molecule has 2 N–H and O–H groups in total. The van der Waals surface area contributed by atoms with Gasteiger partial charge in [-0.15, -0.1) is 0 Å². The molecule has 1 fully saturated rings. The molecule has 5 nitrogen and oxygen atoms in total. The van der Waals surface area contributed by atoms with Crippen molar-refractivity contribution in [3.8, 4) is 0 Å². The Morgan fingerprint density at radius 2 is 1.61 bits per heavy atom. The highest BCUT2D eigenvalue weighted by Crippen LogP contribution is 2.38. The molecule has 1 saturated heterocycles. The molecule has 0 bridgehead atoms. The van der Waals surface area contributed by atoms with E-state index in [1.54, 1.807) is 24.3 Å². The Kier molecular flexibility index (Phi) is 4.79. The lowest BCUT2D eigenvalue weighted by Crippen LogP contribution is -2.41. The molecule has 2 rings (SSSR count).